The van der Waals surface area contributed by atoms with Gasteiger partial charge in [-0.25, -0.2) is 4.79 Å². The number of amides is 1. The predicted octanol–water partition coefficient (Wildman–Crippen LogP) is 2.56. The van der Waals surface area contributed by atoms with Crippen molar-refractivity contribution in [3.63, 3.8) is 0 Å². The van der Waals surface area contributed by atoms with Crippen molar-refractivity contribution in [1.29, 1.82) is 0 Å². The van der Waals surface area contributed by atoms with Crippen LogP contribution in [0.5, 0.6) is 0 Å². The van der Waals surface area contributed by atoms with Crippen LogP contribution in [-0.4, -0.2) is 35.0 Å². The Bertz CT molecular complexity index is 495. The molecule has 0 saturated heterocycles. The largest absolute Gasteiger partial charge is 0.480 e. The highest BCUT2D eigenvalue weighted by molar-refractivity contribution is 7.10. The molecule has 1 N–H and O–H groups in total. The topological polar surface area (TPSA) is 57.6 Å². The van der Waals surface area contributed by atoms with Gasteiger partial charge in [0, 0.05) is 17.3 Å². The van der Waals surface area contributed by atoms with Gasteiger partial charge in [-0.2, -0.15) is 0 Å². The molecule has 1 aromatic heterocycles. The summed E-state index contributed by atoms with van der Waals surface area (Å²) >= 11 is 1.63. The molecule has 0 spiro atoms. The fourth-order valence-electron chi connectivity index (χ4n) is 2.62. The zero-order chi connectivity index (χ0) is 14.0. The Hall–Kier alpha value is -1.36. The van der Waals surface area contributed by atoms with Gasteiger partial charge in [0.05, 0.1) is 5.56 Å². The predicted molar refractivity (Wildman–Crippen MR) is 74.8 cm³/mol. The molecule has 1 aliphatic rings. The van der Waals surface area contributed by atoms with E-state index in [1.165, 1.54) is 16.2 Å². The molecule has 2 rings (SSSR count). The van der Waals surface area contributed by atoms with Crippen LogP contribution in [0.1, 0.15) is 47.0 Å². The standard InChI is InChI=1S/C14H19NO3S/c1-3-11(14(17)18)15(2)13(16)10-8-19-12-7-5-4-6-9(10)12/h8,11H,3-7H2,1-2H3,(H,17,18). The molecule has 4 nitrogen and oxygen atoms in total. The minimum absolute atomic E-state index is 0.159. The second kappa shape index (κ2) is 5.74. The molecule has 1 heterocycles. The Morgan fingerprint density at radius 3 is 2.74 bits per heavy atom. The van der Waals surface area contributed by atoms with Gasteiger partial charge in [0.1, 0.15) is 6.04 Å². The van der Waals surface area contributed by atoms with Crippen molar-refractivity contribution >= 4 is 23.2 Å². The lowest BCUT2D eigenvalue weighted by atomic mass is 9.95. The van der Waals surface area contributed by atoms with E-state index < -0.39 is 12.0 Å². The van der Waals surface area contributed by atoms with Gasteiger partial charge in [-0.1, -0.05) is 6.92 Å². The van der Waals surface area contributed by atoms with Crippen LogP contribution in [0, 0.1) is 0 Å². The van der Waals surface area contributed by atoms with E-state index in [2.05, 4.69) is 0 Å². The quantitative estimate of drug-likeness (QED) is 0.922. The minimum Gasteiger partial charge on any atom is -0.480 e. The fraction of sp³-hybridized carbons (Fsp3) is 0.571. The molecular weight excluding hydrogens is 262 g/mol. The smallest absolute Gasteiger partial charge is 0.326 e. The molecule has 19 heavy (non-hydrogen) atoms. The molecule has 1 unspecified atom stereocenters. The van der Waals surface area contributed by atoms with Crippen LogP contribution in [0.4, 0.5) is 0 Å². The number of fused-ring (bicyclic) bond motifs is 1. The summed E-state index contributed by atoms with van der Waals surface area (Å²) < 4.78 is 0. The van der Waals surface area contributed by atoms with E-state index in [9.17, 15) is 9.59 Å². The van der Waals surface area contributed by atoms with Crippen molar-refractivity contribution in [2.75, 3.05) is 7.05 Å². The van der Waals surface area contributed by atoms with Crippen molar-refractivity contribution in [3.8, 4) is 0 Å². The van der Waals surface area contributed by atoms with Crippen LogP contribution in [0.25, 0.3) is 0 Å². The molecule has 0 bridgehead atoms. The summed E-state index contributed by atoms with van der Waals surface area (Å²) in [6, 6.07) is -0.744. The molecule has 5 heteroatoms. The number of carbonyl (C=O) groups excluding carboxylic acids is 1. The lowest BCUT2D eigenvalue weighted by Gasteiger charge is -2.24. The number of hydrogen-bond donors (Lipinski definition) is 1. The summed E-state index contributed by atoms with van der Waals surface area (Å²) in [5.74, 6) is -1.10. The molecule has 1 aliphatic carbocycles. The molecule has 1 amide bonds. The van der Waals surface area contributed by atoms with Crippen molar-refractivity contribution < 1.29 is 14.7 Å². The summed E-state index contributed by atoms with van der Waals surface area (Å²) in [6.45, 7) is 1.78. The van der Waals surface area contributed by atoms with Gasteiger partial charge in [0.15, 0.2) is 0 Å². The van der Waals surface area contributed by atoms with Gasteiger partial charge >= 0.3 is 5.97 Å². The Balaban J connectivity index is 2.24. The van der Waals surface area contributed by atoms with Gasteiger partial charge in [-0.15, -0.1) is 11.3 Å². The summed E-state index contributed by atoms with van der Waals surface area (Å²) in [5, 5.41) is 11.0. The van der Waals surface area contributed by atoms with Crippen LogP contribution in [0.15, 0.2) is 5.38 Å². The van der Waals surface area contributed by atoms with Gasteiger partial charge in [0.25, 0.3) is 5.91 Å². The Labute approximate surface area is 117 Å². The number of hydrogen-bond acceptors (Lipinski definition) is 3. The van der Waals surface area contributed by atoms with E-state index in [0.717, 1.165) is 24.8 Å². The van der Waals surface area contributed by atoms with Gasteiger partial charge in [-0.05, 0) is 37.7 Å². The number of nitrogens with zero attached hydrogens (tertiary/aromatic N) is 1. The molecule has 104 valence electrons. The number of aryl methyl sites for hydroxylation is 1. The first-order chi connectivity index (χ1) is 9.06. The lowest BCUT2D eigenvalue weighted by molar-refractivity contribution is -0.142. The van der Waals surface area contributed by atoms with Crippen molar-refractivity contribution in [2.45, 2.75) is 45.1 Å². The molecule has 1 aromatic rings. The van der Waals surface area contributed by atoms with E-state index >= 15 is 0 Å². The average molecular weight is 281 g/mol. The number of carbonyl (C=O) groups is 2. The molecule has 1 atom stereocenters. The maximum Gasteiger partial charge on any atom is 0.326 e. The Morgan fingerprint density at radius 2 is 2.11 bits per heavy atom. The van der Waals surface area contributed by atoms with Crippen molar-refractivity contribution in [1.82, 2.24) is 4.90 Å². The van der Waals surface area contributed by atoms with Crippen molar-refractivity contribution in [2.24, 2.45) is 0 Å². The number of carboxylic acid groups (broad SMARTS) is 1. The van der Waals surface area contributed by atoms with Gasteiger partial charge in [0.2, 0.25) is 0 Å². The third kappa shape index (κ3) is 2.66. The molecule has 0 radical (unpaired) electrons. The lowest BCUT2D eigenvalue weighted by Crippen LogP contribution is -2.42. The number of rotatable bonds is 4. The van der Waals surface area contributed by atoms with Crippen LogP contribution >= 0.6 is 11.3 Å². The van der Waals surface area contributed by atoms with E-state index in [-0.39, 0.29) is 5.91 Å². The van der Waals surface area contributed by atoms with Gasteiger partial charge < -0.3 is 10.0 Å². The SMILES string of the molecule is CCC(C(=O)O)N(C)C(=O)c1csc2c1CCCC2. The third-order valence-corrected chi connectivity index (χ3v) is 4.84. The first-order valence-electron chi connectivity index (χ1n) is 6.65. The van der Waals surface area contributed by atoms with E-state index in [1.54, 1.807) is 25.3 Å². The van der Waals surface area contributed by atoms with Crippen LogP contribution < -0.4 is 0 Å². The normalized spacial score (nSPS) is 15.7. The van der Waals surface area contributed by atoms with E-state index in [4.69, 9.17) is 5.11 Å². The second-order valence-corrected chi connectivity index (χ2v) is 5.90. The monoisotopic (exact) mass is 281 g/mol. The number of thiophene rings is 1. The fourth-order valence-corrected chi connectivity index (χ4v) is 3.74. The first kappa shape index (κ1) is 14.1. The van der Waals surface area contributed by atoms with Crippen LogP contribution in [0.2, 0.25) is 0 Å². The molecular formula is C14H19NO3S. The average Bonchev–Trinajstić information content (AvgIpc) is 2.82. The number of aliphatic carboxylic acids is 1. The maximum atomic E-state index is 12.5. The van der Waals surface area contributed by atoms with Crippen LogP contribution in [-0.2, 0) is 17.6 Å². The van der Waals surface area contributed by atoms with E-state index in [1.807, 2.05) is 5.38 Å². The number of carboxylic acids is 1. The molecule has 0 aromatic carbocycles. The highest BCUT2D eigenvalue weighted by Crippen LogP contribution is 2.31. The van der Waals surface area contributed by atoms with E-state index in [0.29, 0.717) is 12.0 Å². The third-order valence-electron chi connectivity index (χ3n) is 3.75. The molecule has 0 saturated carbocycles. The summed E-state index contributed by atoms with van der Waals surface area (Å²) in [4.78, 5) is 26.3. The van der Waals surface area contributed by atoms with Gasteiger partial charge in [-0.3, -0.25) is 4.79 Å². The maximum absolute atomic E-state index is 12.5. The summed E-state index contributed by atoms with van der Waals surface area (Å²) in [6.07, 6.45) is 4.71. The minimum atomic E-state index is -0.942. The second-order valence-electron chi connectivity index (χ2n) is 4.94. The Morgan fingerprint density at radius 1 is 1.42 bits per heavy atom. The summed E-state index contributed by atoms with van der Waals surface area (Å²) in [5.41, 5.74) is 1.86. The molecule has 0 aliphatic heterocycles. The molecule has 0 fully saturated rings. The highest BCUT2D eigenvalue weighted by atomic mass is 32.1. The van der Waals surface area contributed by atoms with Crippen molar-refractivity contribution in [3.05, 3.63) is 21.4 Å². The Kier molecular flexibility index (Phi) is 4.24. The number of likely N-dealkylation sites (N-methyl/N-ethyl adjacent to an activating group) is 1. The zero-order valence-electron chi connectivity index (χ0n) is 11.3. The first-order valence-corrected chi connectivity index (χ1v) is 7.53. The summed E-state index contributed by atoms with van der Waals surface area (Å²) in [7, 11) is 1.58. The van der Waals surface area contributed by atoms with Crippen LogP contribution in [0.3, 0.4) is 0 Å². The highest BCUT2D eigenvalue weighted by Gasteiger charge is 2.28. The zero-order valence-corrected chi connectivity index (χ0v) is 12.1.